The fourth-order valence-electron chi connectivity index (χ4n) is 4.23. The van der Waals surface area contributed by atoms with E-state index in [-0.39, 0.29) is 11.8 Å². The van der Waals surface area contributed by atoms with E-state index in [9.17, 15) is 4.79 Å². The first-order valence-corrected chi connectivity index (χ1v) is 11.0. The maximum absolute atomic E-state index is 12.4. The summed E-state index contributed by atoms with van der Waals surface area (Å²) in [5.74, 6) is 7.22. The van der Waals surface area contributed by atoms with Gasteiger partial charge in [0.1, 0.15) is 11.4 Å². The summed E-state index contributed by atoms with van der Waals surface area (Å²) in [4.78, 5) is 32.1. The van der Waals surface area contributed by atoms with Gasteiger partial charge >= 0.3 is 0 Å². The molecule has 170 valence electrons. The zero-order valence-electron chi connectivity index (χ0n) is 18.7. The summed E-state index contributed by atoms with van der Waals surface area (Å²) in [6.45, 7) is 2.93. The summed E-state index contributed by atoms with van der Waals surface area (Å²) in [5.41, 5.74) is 8.62. The van der Waals surface area contributed by atoms with Crippen molar-refractivity contribution in [3.8, 4) is 35.0 Å². The van der Waals surface area contributed by atoms with Crippen LogP contribution in [0.3, 0.4) is 0 Å². The van der Waals surface area contributed by atoms with Gasteiger partial charge in [0, 0.05) is 37.5 Å². The molecule has 34 heavy (non-hydrogen) atoms. The molecule has 0 radical (unpaired) electrons. The summed E-state index contributed by atoms with van der Waals surface area (Å²) in [6, 6.07) is 11.0. The Bertz CT molecular complexity index is 1390. The Hall–Kier alpha value is -4.45. The minimum atomic E-state index is -0.151. The SMILES string of the molecule is CC#CC(=O)N1CCCC(c2nc(-c3ccc(Oc4ccccn4)cn3)n3c(N)nccc23)C1. The zero-order chi connectivity index (χ0) is 23.5. The number of amides is 1. The molecule has 1 aliphatic heterocycles. The van der Waals surface area contributed by atoms with Crippen LogP contribution >= 0.6 is 0 Å². The number of carbonyl (C=O) groups excluding carboxylic acids is 1. The average Bonchev–Trinajstić information content (AvgIpc) is 3.26. The van der Waals surface area contributed by atoms with Crippen LogP contribution < -0.4 is 10.5 Å². The first kappa shape index (κ1) is 21.4. The average molecular weight is 454 g/mol. The first-order valence-electron chi connectivity index (χ1n) is 11.0. The summed E-state index contributed by atoms with van der Waals surface area (Å²) in [6.07, 6.45) is 6.77. The van der Waals surface area contributed by atoms with Gasteiger partial charge in [-0.25, -0.2) is 19.9 Å². The van der Waals surface area contributed by atoms with Gasteiger partial charge in [-0.2, -0.15) is 0 Å². The lowest BCUT2D eigenvalue weighted by molar-refractivity contribution is -0.126. The maximum atomic E-state index is 12.4. The van der Waals surface area contributed by atoms with E-state index in [0.717, 1.165) is 24.1 Å². The van der Waals surface area contributed by atoms with Gasteiger partial charge in [0.25, 0.3) is 5.91 Å². The molecule has 0 spiro atoms. The Morgan fingerprint density at radius 2 is 2.06 bits per heavy atom. The summed E-state index contributed by atoms with van der Waals surface area (Å²) in [7, 11) is 0. The van der Waals surface area contributed by atoms with Crippen molar-refractivity contribution in [2.75, 3.05) is 18.8 Å². The van der Waals surface area contributed by atoms with Crippen LogP contribution in [0.25, 0.3) is 17.0 Å². The number of imidazole rings is 1. The van der Waals surface area contributed by atoms with E-state index in [0.29, 0.717) is 42.2 Å². The molecule has 9 nitrogen and oxygen atoms in total. The second-order valence-corrected chi connectivity index (χ2v) is 7.96. The number of carbonyl (C=O) groups is 1. The van der Waals surface area contributed by atoms with Gasteiger partial charge in [-0.3, -0.25) is 9.20 Å². The summed E-state index contributed by atoms with van der Waals surface area (Å²) < 4.78 is 7.56. The summed E-state index contributed by atoms with van der Waals surface area (Å²) in [5, 5.41) is 0. The second kappa shape index (κ2) is 9.19. The number of nitrogens with zero attached hydrogens (tertiary/aromatic N) is 6. The lowest BCUT2D eigenvalue weighted by Gasteiger charge is -2.30. The fraction of sp³-hybridized carbons (Fsp3) is 0.240. The Labute approximate surface area is 196 Å². The fourth-order valence-corrected chi connectivity index (χ4v) is 4.23. The molecule has 0 aromatic carbocycles. The van der Waals surface area contributed by atoms with E-state index in [1.54, 1.807) is 36.5 Å². The third-order valence-corrected chi connectivity index (χ3v) is 5.76. The number of ether oxygens (including phenoxy) is 1. The molecule has 0 saturated carbocycles. The number of fused-ring (bicyclic) bond motifs is 1. The molecule has 0 aliphatic carbocycles. The van der Waals surface area contributed by atoms with Crippen molar-refractivity contribution in [2.45, 2.75) is 25.7 Å². The Morgan fingerprint density at radius 1 is 1.15 bits per heavy atom. The van der Waals surface area contributed by atoms with Crippen LogP contribution in [0.1, 0.15) is 31.4 Å². The number of pyridine rings is 2. The Balaban J connectivity index is 1.49. The van der Waals surface area contributed by atoms with Gasteiger partial charge in [-0.15, -0.1) is 0 Å². The number of hydrogen-bond donors (Lipinski definition) is 1. The smallest absolute Gasteiger partial charge is 0.298 e. The Morgan fingerprint density at radius 3 is 2.82 bits per heavy atom. The van der Waals surface area contributed by atoms with E-state index in [1.165, 1.54) is 0 Å². The van der Waals surface area contributed by atoms with E-state index in [2.05, 4.69) is 26.8 Å². The molecule has 5 rings (SSSR count). The van der Waals surface area contributed by atoms with E-state index in [4.69, 9.17) is 15.5 Å². The van der Waals surface area contributed by atoms with Gasteiger partial charge in [0.15, 0.2) is 5.82 Å². The van der Waals surface area contributed by atoms with Crippen molar-refractivity contribution in [2.24, 2.45) is 0 Å². The molecule has 1 atom stereocenters. The number of aromatic nitrogens is 5. The molecule has 1 aliphatic rings. The standard InChI is InChI=1S/C25H23N7O2/c1-2-6-22(33)31-14-5-7-17(16-31)23-20-11-13-28-25(26)32(20)24(30-23)19-10-9-18(15-29-19)34-21-8-3-4-12-27-21/h3-4,8-13,15,17H,5,7,14,16H2,1H3,(H2,26,28). The number of nitrogens with two attached hydrogens (primary N) is 1. The predicted molar refractivity (Wildman–Crippen MR) is 127 cm³/mol. The molecule has 1 unspecified atom stereocenters. The minimum Gasteiger partial charge on any atom is -0.437 e. The number of anilines is 1. The number of piperidine rings is 1. The minimum absolute atomic E-state index is 0.0636. The highest BCUT2D eigenvalue weighted by Crippen LogP contribution is 2.33. The first-order chi connectivity index (χ1) is 16.6. The Kier molecular flexibility index (Phi) is 5.79. The maximum Gasteiger partial charge on any atom is 0.298 e. The van der Waals surface area contributed by atoms with Gasteiger partial charge in [0.05, 0.1) is 17.4 Å². The van der Waals surface area contributed by atoms with E-state index < -0.39 is 0 Å². The van der Waals surface area contributed by atoms with Crippen LogP contribution in [0.15, 0.2) is 55.0 Å². The molecular formula is C25H23N7O2. The molecule has 9 heteroatoms. The van der Waals surface area contributed by atoms with Crippen LogP contribution in [0.5, 0.6) is 11.6 Å². The van der Waals surface area contributed by atoms with Gasteiger partial charge in [-0.1, -0.05) is 12.0 Å². The third-order valence-electron chi connectivity index (χ3n) is 5.76. The molecule has 4 aromatic heterocycles. The molecule has 0 bridgehead atoms. The van der Waals surface area contributed by atoms with E-state index in [1.807, 2.05) is 34.7 Å². The van der Waals surface area contributed by atoms with Gasteiger partial charge in [-0.05, 0) is 50.0 Å². The molecular weight excluding hydrogens is 430 g/mol. The van der Waals surface area contributed by atoms with Crippen LogP contribution in [0.4, 0.5) is 5.95 Å². The topological polar surface area (TPSA) is 112 Å². The van der Waals surface area contributed by atoms with Crippen molar-refractivity contribution in [1.82, 2.24) is 29.2 Å². The van der Waals surface area contributed by atoms with Crippen LogP contribution in [-0.4, -0.2) is 48.2 Å². The van der Waals surface area contributed by atoms with Crippen LogP contribution in [0.2, 0.25) is 0 Å². The zero-order valence-corrected chi connectivity index (χ0v) is 18.7. The molecule has 5 heterocycles. The highest BCUT2D eigenvalue weighted by Gasteiger charge is 2.29. The van der Waals surface area contributed by atoms with Crippen molar-refractivity contribution >= 4 is 17.4 Å². The predicted octanol–water partition coefficient (Wildman–Crippen LogP) is 3.29. The van der Waals surface area contributed by atoms with Crippen molar-refractivity contribution in [1.29, 1.82) is 0 Å². The van der Waals surface area contributed by atoms with E-state index >= 15 is 0 Å². The third kappa shape index (κ3) is 4.13. The largest absolute Gasteiger partial charge is 0.437 e. The van der Waals surface area contributed by atoms with Crippen molar-refractivity contribution < 1.29 is 9.53 Å². The number of likely N-dealkylation sites (tertiary alicyclic amines) is 1. The number of hydrogen-bond acceptors (Lipinski definition) is 7. The van der Waals surface area contributed by atoms with Crippen molar-refractivity contribution in [3.63, 3.8) is 0 Å². The monoisotopic (exact) mass is 453 g/mol. The van der Waals surface area contributed by atoms with Crippen LogP contribution in [0, 0.1) is 11.8 Å². The molecule has 2 N–H and O–H groups in total. The summed E-state index contributed by atoms with van der Waals surface area (Å²) >= 11 is 0. The quantitative estimate of drug-likeness (QED) is 0.472. The molecule has 1 fully saturated rings. The normalized spacial score (nSPS) is 15.6. The van der Waals surface area contributed by atoms with Crippen molar-refractivity contribution in [3.05, 3.63) is 60.7 Å². The molecule has 4 aromatic rings. The van der Waals surface area contributed by atoms with Gasteiger partial charge in [0.2, 0.25) is 11.8 Å². The highest BCUT2D eigenvalue weighted by molar-refractivity contribution is 5.93. The van der Waals surface area contributed by atoms with Gasteiger partial charge < -0.3 is 15.4 Å². The highest BCUT2D eigenvalue weighted by atomic mass is 16.5. The second-order valence-electron chi connectivity index (χ2n) is 7.96. The molecule has 1 amide bonds. The van der Waals surface area contributed by atoms with Crippen LogP contribution in [-0.2, 0) is 4.79 Å². The lowest BCUT2D eigenvalue weighted by Crippen LogP contribution is -2.38. The number of rotatable bonds is 4. The number of nitrogen functional groups attached to an aromatic ring is 1. The molecule has 1 saturated heterocycles. The lowest BCUT2D eigenvalue weighted by atomic mass is 9.94.